The van der Waals surface area contributed by atoms with Gasteiger partial charge in [0.15, 0.2) is 6.29 Å². The van der Waals surface area contributed by atoms with E-state index in [0.717, 1.165) is 12.7 Å². The number of ether oxygens (including phenoxy) is 2. The maximum atomic E-state index is 10.8. The van der Waals surface area contributed by atoms with Crippen LogP contribution >= 0.6 is 0 Å². The van der Waals surface area contributed by atoms with E-state index in [1.54, 1.807) is 0 Å². The highest BCUT2D eigenvalue weighted by Gasteiger charge is 2.27. The van der Waals surface area contributed by atoms with Gasteiger partial charge in [0.25, 0.3) is 10.1 Å². The van der Waals surface area contributed by atoms with E-state index in [1.165, 1.54) is 0 Å². The van der Waals surface area contributed by atoms with Crippen LogP contribution in [0, 0.1) is 5.41 Å². The Morgan fingerprint density at radius 3 is 2.38 bits per heavy atom. The Hall–Kier alpha value is -0.170. The second kappa shape index (κ2) is 5.44. The molecule has 0 bridgehead atoms. The van der Waals surface area contributed by atoms with Crippen LogP contribution in [-0.4, -0.2) is 40.8 Å². The van der Waals surface area contributed by atoms with Crippen molar-refractivity contribution >= 4 is 10.1 Å². The van der Waals surface area contributed by atoms with Crippen molar-refractivity contribution in [1.29, 1.82) is 0 Å². The fraction of sp³-hybridized carbons (Fsp3) is 1.00. The van der Waals surface area contributed by atoms with Crippen molar-refractivity contribution in [2.75, 3.05) is 26.1 Å². The minimum atomic E-state index is -3.34. The summed E-state index contributed by atoms with van der Waals surface area (Å²) in [6.45, 7) is 5.58. The van der Waals surface area contributed by atoms with Crippen LogP contribution in [0.3, 0.4) is 0 Å². The molecule has 1 rings (SSSR count). The molecule has 0 aromatic carbocycles. The summed E-state index contributed by atoms with van der Waals surface area (Å²) in [5, 5.41) is 0. The van der Waals surface area contributed by atoms with E-state index in [2.05, 4.69) is 0 Å². The predicted octanol–water partition coefficient (Wildman–Crippen LogP) is 1.14. The zero-order valence-corrected chi connectivity index (χ0v) is 10.9. The van der Waals surface area contributed by atoms with Crippen molar-refractivity contribution in [2.24, 2.45) is 5.41 Å². The van der Waals surface area contributed by atoms with E-state index >= 15 is 0 Å². The van der Waals surface area contributed by atoms with Gasteiger partial charge in [-0.1, -0.05) is 13.8 Å². The van der Waals surface area contributed by atoms with Crippen LogP contribution < -0.4 is 0 Å². The minimum Gasteiger partial charge on any atom is -0.350 e. The molecule has 0 aromatic heterocycles. The Morgan fingerprint density at radius 2 is 1.88 bits per heavy atom. The van der Waals surface area contributed by atoms with Crippen molar-refractivity contribution in [3.63, 3.8) is 0 Å². The smallest absolute Gasteiger partial charge is 0.264 e. The Balaban J connectivity index is 2.27. The van der Waals surface area contributed by atoms with Gasteiger partial charge in [0.05, 0.1) is 26.1 Å². The van der Waals surface area contributed by atoms with Crippen molar-refractivity contribution in [1.82, 2.24) is 0 Å². The average molecular weight is 252 g/mol. The van der Waals surface area contributed by atoms with E-state index < -0.39 is 10.1 Å². The second-order valence-electron chi connectivity index (χ2n) is 4.82. The molecule has 0 radical (unpaired) electrons. The van der Waals surface area contributed by atoms with Crippen LogP contribution in [0.2, 0.25) is 0 Å². The predicted molar refractivity (Wildman–Crippen MR) is 59.5 cm³/mol. The third-order valence-electron chi connectivity index (χ3n) is 2.49. The summed E-state index contributed by atoms with van der Waals surface area (Å²) in [6, 6.07) is 0. The van der Waals surface area contributed by atoms with Crippen LogP contribution in [0.15, 0.2) is 0 Å². The average Bonchev–Trinajstić information content (AvgIpc) is 2.52. The molecule has 16 heavy (non-hydrogen) atoms. The highest BCUT2D eigenvalue weighted by atomic mass is 32.2. The summed E-state index contributed by atoms with van der Waals surface area (Å²) in [5.74, 6) is 0. The second-order valence-corrected chi connectivity index (χ2v) is 6.46. The SMILES string of the molecule is CC(C)(CCOS(C)(=O)=O)CC1OCCO1. The molecule has 1 saturated heterocycles. The monoisotopic (exact) mass is 252 g/mol. The molecule has 0 atom stereocenters. The number of rotatable bonds is 6. The summed E-state index contributed by atoms with van der Waals surface area (Å²) < 4.78 is 37.0. The molecule has 0 saturated carbocycles. The fourth-order valence-corrected chi connectivity index (χ4v) is 1.93. The first-order valence-electron chi connectivity index (χ1n) is 5.36. The maximum Gasteiger partial charge on any atom is 0.264 e. The highest BCUT2D eigenvalue weighted by Crippen LogP contribution is 2.29. The van der Waals surface area contributed by atoms with E-state index in [0.29, 0.717) is 19.6 Å². The van der Waals surface area contributed by atoms with Gasteiger partial charge in [-0.2, -0.15) is 8.42 Å². The molecule has 6 heteroatoms. The van der Waals surface area contributed by atoms with Crippen molar-refractivity contribution < 1.29 is 22.1 Å². The minimum absolute atomic E-state index is 0.0559. The Labute approximate surface area is 97.2 Å². The van der Waals surface area contributed by atoms with Crippen LogP contribution in [0.25, 0.3) is 0 Å². The van der Waals surface area contributed by atoms with E-state index in [1.807, 2.05) is 13.8 Å². The molecule has 0 aromatic rings. The molecule has 96 valence electrons. The standard InChI is InChI=1S/C10H20O5S/c1-10(2,4-5-15-16(3,11)12)8-9-13-6-7-14-9/h9H,4-8H2,1-3H3. The van der Waals surface area contributed by atoms with E-state index in [-0.39, 0.29) is 18.3 Å². The van der Waals surface area contributed by atoms with Crippen LogP contribution in [0.1, 0.15) is 26.7 Å². The third kappa shape index (κ3) is 5.79. The first kappa shape index (κ1) is 13.9. The maximum absolute atomic E-state index is 10.8. The zero-order valence-electron chi connectivity index (χ0n) is 10.1. The summed E-state index contributed by atoms with van der Waals surface area (Å²) in [7, 11) is -3.34. The molecule has 0 amide bonds. The quantitative estimate of drug-likeness (QED) is 0.663. The molecule has 1 aliphatic rings. The van der Waals surface area contributed by atoms with E-state index in [4.69, 9.17) is 13.7 Å². The first-order chi connectivity index (χ1) is 7.29. The van der Waals surface area contributed by atoms with Crippen molar-refractivity contribution in [3.8, 4) is 0 Å². The summed E-state index contributed by atoms with van der Waals surface area (Å²) >= 11 is 0. The number of hydrogen-bond acceptors (Lipinski definition) is 5. The van der Waals surface area contributed by atoms with Crippen LogP contribution in [0.5, 0.6) is 0 Å². The molecule has 1 aliphatic heterocycles. The van der Waals surface area contributed by atoms with Gasteiger partial charge in [0, 0.05) is 6.42 Å². The Bertz CT molecular complexity index is 303. The molecular weight excluding hydrogens is 232 g/mol. The molecule has 5 nitrogen and oxygen atoms in total. The van der Waals surface area contributed by atoms with Gasteiger partial charge >= 0.3 is 0 Å². The molecule has 0 spiro atoms. The van der Waals surface area contributed by atoms with Crippen LogP contribution in [-0.2, 0) is 23.8 Å². The Morgan fingerprint density at radius 1 is 1.31 bits per heavy atom. The normalized spacial score (nSPS) is 19.2. The molecular formula is C10H20O5S. The lowest BCUT2D eigenvalue weighted by Crippen LogP contribution is -2.23. The van der Waals surface area contributed by atoms with Gasteiger partial charge in [0.1, 0.15) is 0 Å². The molecule has 0 unspecified atom stereocenters. The van der Waals surface area contributed by atoms with Gasteiger partial charge in [0.2, 0.25) is 0 Å². The molecule has 0 aliphatic carbocycles. The zero-order chi connectivity index (χ0) is 12.2. The largest absolute Gasteiger partial charge is 0.350 e. The third-order valence-corrected chi connectivity index (χ3v) is 3.08. The Kier molecular flexibility index (Phi) is 4.73. The molecule has 0 N–H and O–H groups in total. The fourth-order valence-electron chi connectivity index (χ4n) is 1.55. The van der Waals surface area contributed by atoms with Gasteiger partial charge in [-0.25, -0.2) is 0 Å². The van der Waals surface area contributed by atoms with E-state index in [9.17, 15) is 8.42 Å². The van der Waals surface area contributed by atoms with Crippen molar-refractivity contribution in [3.05, 3.63) is 0 Å². The van der Waals surface area contributed by atoms with Gasteiger partial charge in [-0.3, -0.25) is 4.18 Å². The topological polar surface area (TPSA) is 61.8 Å². The number of hydrogen-bond donors (Lipinski definition) is 0. The van der Waals surface area contributed by atoms with Gasteiger partial charge < -0.3 is 9.47 Å². The first-order valence-corrected chi connectivity index (χ1v) is 7.18. The van der Waals surface area contributed by atoms with Gasteiger partial charge in [-0.05, 0) is 11.8 Å². The summed E-state index contributed by atoms with van der Waals surface area (Å²) in [5.41, 5.74) is -0.0559. The van der Waals surface area contributed by atoms with Gasteiger partial charge in [-0.15, -0.1) is 0 Å². The lowest BCUT2D eigenvalue weighted by atomic mass is 9.86. The van der Waals surface area contributed by atoms with Crippen molar-refractivity contribution in [2.45, 2.75) is 33.0 Å². The highest BCUT2D eigenvalue weighted by molar-refractivity contribution is 7.85. The lowest BCUT2D eigenvalue weighted by Gasteiger charge is -2.26. The van der Waals surface area contributed by atoms with Crippen LogP contribution in [0.4, 0.5) is 0 Å². The molecule has 1 fully saturated rings. The lowest BCUT2D eigenvalue weighted by molar-refractivity contribution is -0.0700. The summed E-state index contributed by atoms with van der Waals surface area (Å²) in [4.78, 5) is 0. The summed E-state index contributed by atoms with van der Waals surface area (Å²) in [6.07, 6.45) is 2.31. The molecule has 1 heterocycles.